The van der Waals surface area contributed by atoms with Gasteiger partial charge in [-0.2, -0.15) is 0 Å². The van der Waals surface area contributed by atoms with E-state index >= 15 is 0 Å². The Morgan fingerprint density at radius 1 is 1.06 bits per heavy atom. The molecule has 1 heterocycles. The Hall–Kier alpha value is -2.71. The second kappa shape index (κ2) is 11.1. The number of carboxylic acid groups (broad SMARTS) is 1. The molecule has 0 atom stereocenters. The molecule has 0 aliphatic heterocycles. The highest BCUT2D eigenvalue weighted by Crippen LogP contribution is 2.30. The van der Waals surface area contributed by atoms with Crippen LogP contribution < -0.4 is 5.73 Å². The topological polar surface area (TPSA) is 117 Å². The van der Waals surface area contributed by atoms with Crippen molar-refractivity contribution in [3.8, 4) is 0 Å². The predicted molar refractivity (Wildman–Crippen MR) is 121 cm³/mol. The average Bonchev–Trinajstić information content (AvgIpc) is 2.77. The van der Waals surface area contributed by atoms with Crippen molar-refractivity contribution < 1.29 is 20.1 Å². The van der Waals surface area contributed by atoms with Gasteiger partial charge in [0.15, 0.2) is 6.29 Å². The van der Waals surface area contributed by atoms with E-state index < -0.39 is 12.3 Å². The molecule has 7 heteroatoms. The summed E-state index contributed by atoms with van der Waals surface area (Å²) in [4.78, 5) is 16.5. The molecule has 3 aromatic rings. The molecule has 0 aliphatic carbocycles. The van der Waals surface area contributed by atoms with Crippen molar-refractivity contribution in [1.29, 1.82) is 0 Å². The van der Waals surface area contributed by atoms with Gasteiger partial charge in [-0.05, 0) is 66.8 Å². The maximum Gasteiger partial charge on any atom is 0.335 e. The SMILES string of the molecule is NCCCc1cc(Cc2ccc(C(=O)O)cc2)c(CSc2ccccc2C(O)O)cn1. The first-order chi connectivity index (χ1) is 15.0. The molecule has 0 saturated carbocycles. The van der Waals surface area contributed by atoms with Gasteiger partial charge in [0.2, 0.25) is 0 Å². The molecule has 0 radical (unpaired) electrons. The van der Waals surface area contributed by atoms with Gasteiger partial charge in [0, 0.05) is 28.1 Å². The van der Waals surface area contributed by atoms with Gasteiger partial charge in [-0.1, -0.05) is 30.3 Å². The summed E-state index contributed by atoms with van der Waals surface area (Å²) in [5.41, 5.74) is 10.5. The van der Waals surface area contributed by atoms with E-state index in [9.17, 15) is 15.0 Å². The molecule has 0 aliphatic rings. The van der Waals surface area contributed by atoms with E-state index in [4.69, 9.17) is 10.8 Å². The molecule has 0 unspecified atom stereocenters. The summed E-state index contributed by atoms with van der Waals surface area (Å²) in [5.74, 6) is -0.322. The molecule has 5 N–H and O–H groups in total. The number of thioether (sulfide) groups is 1. The van der Waals surface area contributed by atoms with Crippen LogP contribution in [-0.2, 0) is 18.6 Å². The Morgan fingerprint density at radius 2 is 1.81 bits per heavy atom. The number of aromatic nitrogens is 1. The van der Waals surface area contributed by atoms with Crippen LogP contribution in [0.25, 0.3) is 0 Å². The maximum absolute atomic E-state index is 11.1. The summed E-state index contributed by atoms with van der Waals surface area (Å²) in [7, 11) is 0. The molecule has 1 aromatic heterocycles. The third kappa shape index (κ3) is 6.38. The molecule has 6 nitrogen and oxygen atoms in total. The third-order valence-corrected chi connectivity index (χ3v) is 6.09. The Labute approximate surface area is 185 Å². The molecule has 3 rings (SSSR count). The zero-order valence-corrected chi connectivity index (χ0v) is 17.9. The molecular weight excluding hydrogens is 412 g/mol. The predicted octanol–water partition coefficient (Wildman–Crippen LogP) is 3.54. The Kier molecular flexibility index (Phi) is 8.20. The highest BCUT2D eigenvalue weighted by molar-refractivity contribution is 7.98. The number of nitrogens with two attached hydrogens (primary N) is 1. The number of nitrogens with zero attached hydrogens (tertiary/aromatic N) is 1. The van der Waals surface area contributed by atoms with Crippen LogP contribution >= 0.6 is 11.8 Å². The summed E-state index contributed by atoms with van der Waals surface area (Å²) < 4.78 is 0. The first-order valence-electron chi connectivity index (χ1n) is 10.0. The molecule has 31 heavy (non-hydrogen) atoms. The number of carboxylic acids is 1. The van der Waals surface area contributed by atoms with E-state index in [-0.39, 0.29) is 5.56 Å². The first kappa shape index (κ1) is 23.0. The van der Waals surface area contributed by atoms with Crippen molar-refractivity contribution in [3.05, 3.63) is 94.3 Å². The van der Waals surface area contributed by atoms with Crippen molar-refractivity contribution in [2.75, 3.05) is 6.54 Å². The van der Waals surface area contributed by atoms with Crippen molar-refractivity contribution in [2.45, 2.75) is 36.2 Å². The number of aromatic carboxylic acids is 1. The molecule has 0 spiro atoms. The van der Waals surface area contributed by atoms with Gasteiger partial charge in [0.25, 0.3) is 0 Å². The number of pyridine rings is 1. The summed E-state index contributed by atoms with van der Waals surface area (Å²) in [6.07, 6.45) is 2.66. The number of aryl methyl sites for hydroxylation is 1. The number of hydrogen-bond acceptors (Lipinski definition) is 6. The average molecular weight is 439 g/mol. The minimum Gasteiger partial charge on any atom is -0.478 e. The summed E-state index contributed by atoms with van der Waals surface area (Å²) in [6, 6.07) is 16.2. The minimum atomic E-state index is -1.52. The molecule has 162 valence electrons. The fourth-order valence-electron chi connectivity index (χ4n) is 3.26. The summed E-state index contributed by atoms with van der Waals surface area (Å²) in [5, 5.41) is 28.3. The largest absolute Gasteiger partial charge is 0.478 e. The van der Waals surface area contributed by atoms with Gasteiger partial charge in [-0.3, -0.25) is 4.98 Å². The highest BCUT2D eigenvalue weighted by Gasteiger charge is 2.12. The first-order valence-corrected chi connectivity index (χ1v) is 11.0. The van der Waals surface area contributed by atoms with Crippen LogP contribution in [0.15, 0.2) is 65.7 Å². The maximum atomic E-state index is 11.1. The number of benzene rings is 2. The number of aliphatic hydroxyl groups is 2. The second-order valence-corrected chi connectivity index (χ2v) is 8.23. The van der Waals surface area contributed by atoms with E-state index in [0.29, 0.717) is 24.3 Å². The smallest absolute Gasteiger partial charge is 0.335 e. The Bertz CT molecular complexity index is 1020. The highest BCUT2D eigenvalue weighted by atomic mass is 32.2. The molecule has 0 saturated heterocycles. The lowest BCUT2D eigenvalue weighted by molar-refractivity contribution is -0.0444. The van der Waals surface area contributed by atoms with Gasteiger partial charge in [0.05, 0.1) is 5.56 Å². The van der Waals surface area contributed by atoms with Crippen LogP contribution in [0, 0.1) is 0 Å². The number of aliphatic hydroxyl groups excluding tert-OH is 1. The number of carbonyl (C=O) groups is 1. The van der Waals surface area contributed by atoms with E-state index in [1.165, 1.54) is 11.8 Å². The second-order valence-electron chi connectivity index (χ2n) is 7.22. The van der Waals surface area contributed by atoms with Gasteiger partial charge in [0.1, 0.15) is 0 Å². The summed E-state index contributed by atoms with van der Waals surface area (Å²) >= 11 is 1.53. The quantitative estimate of drug-likeness (QED) is 0.283. The van der Waals surface area contributed by atoms with Crippen molar-refractivity contribution >= 4 is 17.7 Å². The Balaban J connectivity index is 1.84. The van der Waals surface area contributed by atoms with Gasteiger partial charge >= 0.3 is 5.97 Å². The van der Waals surface area contributed by atoms with Gasteiger partial charge < -0.3 is 21.1 Å². The van der Waals surface area contributed by atoms with E-state index in [1.807, 2.05) is 30.5 Å². The lowest BCUT2D eigenvalue weighted by atomic mass is 9.99. The standard InChI is InChI=1S/C24H26N2O4S/c25-11-3-4-20-13-18(12-16-7-9-17(10-8-16)23(27)28)19(14-26-20)15-31-22-6-2-1-5-21(22)24(29)30/h1-2,5-10,13-14,24,29-30H,3-4,11-12,15,25H2,(H,27,28). The lowest BCUT2D eigenvalue weighted by Gasteiger charge is -2.14. The van der Waals surface area contributed by atoms with Crippen LogP contribution in [0.1, 0.15) is 51.0 Å². The van der Waals surface area contributed by atoms with Crippen molar-refractivity contribution in [2.24, 2.45) is 5.73 Å². The van der Waals surface area contributed by atoms with E-state index in [0.717, 1.165) is 40.1 Å². The van der Waals surface area contributed by atoms with Crippen molar-refractivity contribution in [1.82, 2.24) is 4.98 Å². The Morgan fingerprint density at radius 3 is 2.48 bits per heavy atom. The van der Waals surface area contributed by atoms with Crippen LogP contribution in [0.3, 0.4) is 0 Å². The fourth-order valence-corrected chi connectivity index (χ4v) is 4.34. The number of hydrogen-bond donors (Lipinski definition) is 4. The zero-order chi connectivity index (χ0) is 22.2. The van der Waals surface area contributed by atoms with Gasteiger partial charge in [-0.15, -0.1) is 11.8 Å². The molecule has 2 aromatic carbocycles. The van der Waals surface area contributed by atoms with Gasteiger partial charge in [-0.25, -0.2) is 4.79 Å². The van der Waals surface area contributed by atoms with E-state index in [2.05, 4.69) is 11.1 Å². The minimum absolute atomic E-state index is 0.261. The molecule has 0 bridgehead atoms. The normalized spacial score (nSPS) is 11.1. The van der Waals surface area contributed by atoms with Crippen LogP contribution in [0.2, 0.25) is 0 Å². The monoisotopic (exact) mass is 438 g/mol. The van der Waals surface area contributed by atoms with Crippen molar-refractivity contribution in [3.63, 3.8) is 0 Å². The van der Waals surface area contributed by atoms with Crippen LogP contribution in [-0.4, -0.2) is 32.8 Å². The number of rotatable bonds is 10. The summed E-state index contributed by atoms with van der Waals surface area (Å²) in [6.45, 7) is 0.603. The zero-order valence-electron chi connectivity index (χ0n) is 17.1. The van der Waals surface area contributed by atoms with Crippen LogP contribution in [0.4, 0.5) is 0 Å². The third-order valence-electron chi connectivity index (χ3n) is 4.95. The lowest BCUT2D eigenvalue weighted by Crippen LogP contribution is -2.04. The fraction of sp³-hybridized carbons (Fsp3) is 0.250. The molecular formula is C24H26N2O4S. The molecule has 0 amide bonds. The van der Waals surface area contributed by atoms with E-state index in [1.54, 1.807) is 24.3 Å². The molecule has 0 fully saturated rings. The van der Waals surface area contributed by atoms with Crippen LogP contribution in [0.5, 0.6) is 0 Å².